The molecule has 0 heterocycles. The third-order valence-corrected chi connectivity index (χ3v) is 2.56. The lowest BCUT2D eigenvalue weighted by Gasteiger charge is -2.27. The number of benzene rings is 1. The van der Waals surface area contributed by atoms with Gasteiger partial charge < -0.3 is 15.1 Å². The summed E-state index contributed by atoms with van der Waals surface area (Å²) >= 11 is 0. The van der Waals surface area contributed by atoms with Crippen molar-refractivity contribution >= 4 is 11.9 Å². The van der Waals surface area contributed by atoms with Crippen molar-refractivity contribution < 1.29 is 19.8 Å². The first-order chi connectivity index (χ1) is 8.43. The van der Waals surface area contributed by atoms with Gasteiger partial charge in [-0.1, -0.05) is 30.3 Å². The summed E-state index contributed by atoms with van der Waals surface area (Å²) in [5, 5.41) is 18.7. The maximum absolute atomic E-state index is 12.0. The van der Waals surface area contributed by atoms with Gasteiger partial charge in [0.2, 0.25) is 0 Å². The van der Waals surface area contributed by atoms with Gasteiger partial charge in [-0.05, 0) is 19.4 Å². The third kappa shape index (κ3) is 3.56. The number of carboxylic acids is 1. The number of aliphatic hydroxyl groups excluding tert-OH is 1. The first-order valence-corrected chi connectivity index (χ1v) is 5.68. The molecule has 1 atom stereocenters. The summed E-state index contributed by atoms with van der Waals surface area (Å²) in [6.07, 6.45) is -1.33. The van der Waals surface area contributed by atoms with Crippen LogP contribution in [0.2, 0.25) is 0 Å². The first kappa shape index (κ1) is 14.2. The van der Waals surface area contributed by atoms with E-state index < -0.39 is 24.5 Å². The highest BCUT2D eigenvalue weighted by Gasteiger charge is 2.27. The normalized spacial score (nSPS) is 12.2. The molecule has 1 rings (SSSR count). The molecular formula is C13H17NO4. The minimum Gasteiger partial charge on any atom is -0.480 e. The number of nitrogens with zero attached hydrogens (tertiary/aromatic N) is 1. The maximum atomic E-state index is 12.0. The molecule has 5 heteroatoms. The summed E-state index contributed by atoms with van der Waals surface area (Å²) in [4.78, 5) is 23.9. The second-order valence-electron chi connectivity index (χ2n) is 4.27. The molecule has 1 aromatic rings. The quantitative estimate of drug-likeness (QED) is 0.819. The zero-order chi connectivity index (χ0) is 13.7. The molecule has 1 amide bonds. The predicted molar refractivity (Wildman–Crippen MR) is 65.9 cm³/mol. The summed E-state index contributed by atoms with van der Waals surface area (Å²) < 4.78 is 0. The average molecular weight is 251 g/mol. The highest BCUT2D eigenvalue weighted by Crippen LogP contribution is 2.16. The number of hydrogen-bond donors (Lipinski definition) is 2. The second-order valence-corrected chi connectivity index (χ2v) is 4.27. The second kappa shape index (κ2) is 6.16. The van der Waals surface area contributed by atoms with Crippen molar-refractivity contribution in [1.82, 2.24) is 4.90 Å². The number of carbonyl (C=O) groups is 2. The summed E-state index contributed by atoms with van der Waals surface area (Å²) in [6, 6.07) is 8.17. The van der Waals surface area contributed by atoms with Gasteiger partial charge in [-0.25, -0.2) is 0 Å². The van der Waals surface area contributed by atoms with E-state index >= 15 is 0 Å². The van der Waals surface area contributed by atoms with E-state index in [2.05, 4.69) is 0 Å². The van der Waals surface area contributed by atoms with Crippen LogP contribution in [0.4, 0.5) is 0 Å². The van der Waals surface area contributed by atoms with Crippen LogP contribution in [0.3, 0.4) is 0 Å². The first-order valence-electron chi connectivity index (χ1n) is 5.68. The van der Waals surface area contributed by atoms with E-state index in [4.69, 9.17) is 5.11 Å². The number of amides is 1. The SMILES string of the molecule is CC(C)N(CC(=O)O)C(=O)[C@@H](O)c1ccccc1. The number of rotatable bonds is 5. The van der Waals surface area contributed by atoms with Crippen LogP contribution in [0.15, 0.2) is 30.3 Å². The molecule has 1 aromatic carbocycles. The molecule has 0 aliphatic carbocycles. The van der Waals surface area contributed by atoms with Gasteiger partial charge in [0.05, 0.1) is 0 Å². The standard InChI is InChI=1S/C13H17NO4/c1-9(2)14(8-11(15)16)13(18)12(17)10-6-4-3-5-7-10/h3-7,9,12,17H,8H2,1-2H3,(H,15,16)/t12-/m0/s1. The summed E-state index contributed by atoms with van der Waals surface area (Å²) in [6.45, 7) is 3.00. The van der Waals surface area contributed by atoms with Crippen molar-refractivity contribution in [3.63, 3.8) is 0 Å². The average Bonchev–Trinajstić information content (AvgIpc) is 2.34. The molecule has 0 aliphatic heterocycles. The van der Waals surface area contributed by atoms with E-state index in [0.29, 0.717) is 5.56 Å². The molecule has 18 heavy (non-hydrogen) atoms. The Labute approximate surface area is 106 Å². The van der Waals surface area contributed by atoms with E-state index in [9.17, 15) is 14.7 Å². The van der Waals surface area contributed by atoms with Crippen molar-refractivity contribution in [2.45, 2.75) is 26.0 Å². The van der Waals surface area contributed by atoms with Gasteiger partial charge in [0.1, 0.15) is 6.54 Å². The largest absolute Gasteiger partial charge is 0.480 e. The molecule has 0 saturated heterocycles. The summed E-state index contributed by atoms with van der Waals surface area (Å²) in [5.74, 6) is -1.70. The molecule has 5 nitrogen and oxygen atoms in total. The molecule has 98 valence electrons. The van der Waals surface area contributed by atoms with Gasteiger partial charge in [-0.15, -0.1) is 0 Å². The highest BCUT2D eigenvalue weighted by atomic mass is 16.4. The molecule has 0 unspecified atom stereocenters. The Morgan fingerprint density at radius 1 is 1.22 bits per heavy atom. The van der Waals surface area contributed by atoms with Crippen molar-refractivity contribution in [3.05, 3.63) is 35.9 Å². The van der Waals surface area contributed by atoms with Crippen molar-refractivity contribution in [2.75, 3.05) is 6.54 Å². The maximum Gasteiger partial charge on any atom is 0.323 e. The van der Waals surface area contributed by atoms with Crippen LogP contribution in [0.5, 0.6) is 0 Å². The fourth-order valence-corrected chi connectivity index (χ4v) is 1.60. The van der Waals surface area contributed by atoms with Crippen LogP contribution < -0.4 is 0 Å². The van der Waals surface area contributed by atoms with Crippen LogP contribution in [-0.2, 0) is 9.59 Å². The monoisotopic (exact) mass is 251 g/mol. The Bertz CT molecular complexity index is 416. The van der Waals surface area contributed by atoms with Gasteiger partial charge in [0, 0.05) is 6.04 Å². The smallest absolute Gasteiger partial charge is 0.323 e. The van der Waals surface area contributed by atoms with Crippen LogP contribution >= 0.6 is 0 Å². The van der Waals surface area contributed by atoms with E-state index in [1.54, 1.807) is 44.2 Å². The highest BCUT2D eigenvalue weighted by molar-refractivity contribution is 5.85. The van der Waals surface area contributed by atoms with Gasteiger partial charge in [0.25, 0.3) is 5.91 Å². The van der Waals surface area contributed by atoms with Crippen LogP contribution in [0.25, 0.3) is 0 Å². The number of aliphatic hydroxyl groups is 1. The zero-order valence-electron chi connectivity index (χ0n) is 10.4. The summed E-state index contributed by atoms with van der Waals surface area (Å²) in [5.41, 5.74) is 0.457. The van der Waals surface area contributed by atoms with Gasteiger partial charge in [-0.3, -0.25) is 9.59 Å². The molecule has 0 spiro atoms. The Balaban J connectivity index is 2.86. The Hall–Kier alpha value is -1.88. The fraction of sp³-hybridized carbons (Fsp3) is 0.385. The van der Waals surface area contributed by atoms with E-state index in [0.717, 1.165) is 4.90 Å². The van der Waals surface area contributed by atoms with Crippen molar-refractivity contribution in [1.29, 1.82) is 0 Å². The van der Waals surface area contributed by atoms with Crippen LogP contribution in [0, 0.1) is 0 Å². The summed E-state index contributed by atoms with van der Waals surface area (Å²) in [7, 11) is 0. The Morgan fingerprint density at radius 3 is 2.22 bits per heavy atom. The Kier molecular flexibility index (Phi) is 4.85. The van der Waals surface area contributed by atoms with Crippen molar-refractivity contribution in [3.8, 4) is 0 Å². The number of hydrogen-bond acceptors (Lipinski definition) is 3. The van der Waals surface area contributed by atoms with Crippen molar-refractivity contribution in [2.24, 2.45) is 0 Å². The predicted octanol–water partition coefficient (Wildman–Crippen LogP) is 1.04. The Morgan fingerprint density at radius 2 is 1.78 bits per heavy atom. The topological polar surface area (TPSA) is 77.8 Å². The lowest BCUT2D eigenvalue weighted by Crippen LogP contribution is -2.43. The molecule has 0 aliphatic rings. The molecule has 2 N–H and O–H groups in total. The number of aliphatic carboxylic acids is 1. The molecule has 0 bridgehead atoms. The zero-order valence-corrected chi connectivity index (χ0v) is 10.4. The molecule has 0 saturated carbocycles. The number of carboxylic acid groups (broad SMARTS) is 1. The minimum atomic E-state index is -1.33. The number of carbonyl (C=O) groups excluding carboxylic acids is 1. The lowest BCUT2D eigenvalue weighted by atomic mass is 10.1. The minimum absolute atomic E-state index is 0.285. The fourth-order valence-electron chi connectivity index (χ4n) is 1.60. The van der Waals surface area contributed by atoms with Gasteiger partial charge in [0.15, 0.2) is 6.10 Å². The van der Waals surface area contributed by atoms with Gasteiger partial charge >= 0.3 is 5.97 Å². The molecular weight excluding hydrogens is 234 g/mol. The molecule has 0 radical (unpaired) electrons. The molecule has 0 aromatic heterocycles. The van der Waals surface area contributed by atoms with Crippen LogP contribution in [0.1, 0.15) is 25.5 Å². The third-order valence-electron chi connectivity index (χ3n) is 2.56. The lowest BCUT2D eigenvalue weighted by molar-refractivity contribution is -0.150. The van der Waals surface area contributed by atoms with E-state index in [-0.39, 0.29) is 6.04 Å². The van der Waals surface area contributed by atoms with Crippen LogP contribution in [-0.4, -0.2) is 39.6 Å². The van der Waals surface area contributed by atoms with E-state index in [1.165, 1.54) is 0 Å². The molecule has 0 fully saturated rings. The van der Waals surface area contributed by atoms with E-state index in [1.807, 2.05) is 0 Å². The van der Waals surface area contributed by atoms with Gasteiger partial charge in [-0.2, -0.15) is 0 Å².